The van der Waals surface area contributed by atoms with Crippen molar-refractivity contribution in [2.75, 3.05) is 26.8 Å². The van der Waals surface area contributed by atoms with Crippen LogP contribution < -0.4 is 5.32 Å². The van der Waals surface area contributed by atoms with Crippen molar-refractivity contribution in [3.05, 3.63) is 0 Å². The first kappa shape index (κ1) is 16.3. The number of hydrogen-bond acceptors (Lipinski definition) is 3. The van der Waals surface area contributed by atoms with Crippen molar-refractivity contribution in [1.29, 1.82) is 0 Å². The van der Waals surface area contributed by atoms with E-state index in [1.165, 1.54) is 38.5 Å². The molecule has 0 radical (unpaired) electrons. The quantitative estimate of drug-likeness (QED) is 0.839. The molecular weight excluding hydrogens is 250 g/mol. The molecule has 1 aliphatic heterocycles. The van der Waals surface area contributed by atoms with Crippen LogP contribution in [0.25, 0.3) is 0 Å². The molecule has 1 saturated carbocycles. The minimum absolute atomic E-state index is 0.0441. The maximum Gasteiger partial charge on any atom is 0.0809 e. The van der Waals surface area contributed by atoms with Crippen molar-refractivity contribution in [1.82, 2.24) is 5.32 Å². The van der Waals surface area contributed by atoms with E-state index in [0.29, 0.717) is 11.5 Å². The maximum absolute atomic E-state index is 6.37. The topological polar surface area (TPSA) is 30.5 Å². The monoisotopic (exact) mass is 283 g/mol. The Kier molecular flexibility index (Phi) is 5.49. The molecule has 3 heteroatoms. The Morgan fingerprint density at radius 1 is 1.20 bits per heavy atom. The lowest BCUT2D eigenvalue weighted by molar-refractivity contribution is -0.111. The normalized spacial score (nSPS) is 35.4. The van der Waals surface area contributed by atoms with Gasteiger partial charge in [0.05, 0.1) is 18.3 Å². The zero-order valence-corrected chi connectivity index (χ0v) is 13.8. The van der Waals surface area contributed by atoms with Crippen molar-refractivity contribution in [3.8, 4) is 0 Å². The molecule has 20 heavy (non-hydrogen) atoms. The summed E-state index contributed by atoms with van der Waals surface area (Å²) in [4.78, 5) is 0. The van der Waals surface area contributed by atoms with Crippen molar-refractivity contribution < 1.29 is 9.47 Å². The van der Waals surface area contributed by atoms with Crippen LogP contribution in [-0.2, 0) is 9.47 Å². The van der Waals surface area contributed by atoms with Crippen LogP contribution in [0.15, 0.2) is 0 Å². The van der Waals surface area contributed by atoms with Gasteiger partial charge in [-0.3, -0.25) is 0 Å². The fourth-order valence-corrected chi connectivity index (χ4v) is 3.75. The molecular formula is C17H33NO2. The van der Waals surface area contributed by atoms with Gasteiger partial charge >= 0.3 is 0 Å². The summed E-state index contributed by atoms with van der Waals surface area (Å²) < 4.78 is 12.1. The van der Waals surface area contributed by atoms with Gasteiger partial charge in [-0.15, -0.1) is 0 Å². The molecule has 1 unspecified atom stereocenters. The highest BCUT2D eigenvalue weighted by Gasteiger charge is 2.39. The van der Waals surface area contributed by atoms with E-state index in [4.69, 9.17) is 9.47 Å². The number of nitrogens with one attached hydrogen (secondary N) is 1. The highest BCUT2D eigenvalue weighted by Crippen LogP contribution is 2.42. The Hall–Kier alpha value is -0.120. The van der Waals surface area contributed by atoms with Crippen molar-refractivity contribution >= 4 is 0 Å². The third-order valence-corrected chi connectivity index (χ3v) is 5.22. The zero-order valence-electron chi connectivity index (χ0n) is 13.8. The predicted octanol–water partition coefficient (Wildman–Crippen LogP) is 3.38. The van der Waals surface area contributed by atoms with Crippen LogP contribution in [0.4, 0.5) is 0 Å². The first-order valence-electron chi connectivity index (χ1n) is 8.35. The SMILES string of the molecule is CNCC1(OCC2CCCO2)CCC(C(C)(C)C)CC1. The average Bonchev–Trinajstić information content (AvgIpc) is 2.89. The van der Waals surface area contributed by atoms with E-state index in [0.717, 1.165) is 25.7 Å². The predicted molar refractivity (Wildman–Crippen MR) is 83.0 cm³/mol. The van der Waals surface area contributed by atoms with Crippen LogP contribution in [-0.4, -0.2) is 38.5 Å². The summed E-state index contributed by atoms with van der Waals surface area (Å²) in [5.41, 5.74) is 0.475. The summed E-state index contributed by atoms with van der Waals surface area (Å²) in [6.45, 7) is 9.78. The van der Waals surface area contributed by atoms with Crippen LogP contribution in [0, 0.1) is 11.3 Å². The van der Waals surface area contributed by atoms with Crippen molar-refractivity contribution in [2.24, 2.45) is 11.3 Å². The van der Waals surface area contributed by atoms with E-state index in [9.17, 15) is 0 Å². The maximum atomic E-state index is 6.37. The molecule has 0 aromatic heterocycles. The van der Waals surface area contributed by atoms with E-state index in [-0.39, 0.29) is 5.60 Å². The molecule has 0 spiro atoms. The Morgan fingerprint density at radius 2 is 1.90 bits per heavy atom. The average molecular weight is 283 g/mol. The Morgan fingerprint density at radius 3 is 2.40 bits per heavy atom. The van der Waals surface area contributed by atoms with Gasteiger partial charge < -0.3 is 14.8 Å². The van der Waals surface area contributed by atoms with Crippen LogP contribution in [0.3, 0.4) is 0 Å². The number of hydrogen-bond donors (Lipinski definition) is 1. The molecule has 0 amide bonds. The Labute approximate surface area is 124 Å². The second-order valence-corrected chi connectivity index (χ2v) is 7.80. The minimum atomic E-state index is 0.0441. The molecule has 0 aromatic rings. The fraction of sp³-hybridized carbons (Fsp3) is 1.00. The van der Waals surface area contributed by atoms with E-state index >= 15 is 0 Å². The molecule has 3 nitrogen and oxygen atoms in total. The molecule has 118 valence electrons. The van der Waals surface area contributed by atoms with Crippen LogP contribution in [0.5, 0.6) is 0 Å². The first-order valence-corrected chi connectivity index (χ1v) is 8.35. The van der Waals surface area contributed by atoms with Crippen molar-refractivity contribution in [3.63, 3.8) is 0 Å². The van der Waals surface area contributed by atoms with Gasteiger partial charge in [-0.05, 0) is 56.9 Å². The van der Waals surface area contributed by atoms with Gasteiger partial charge in [-0.25, -0.2) is 0 Å². The molecule has 2 aliphatic rings. The number of likely N-dealkylation sites (N-methyl/N-ethyl adjacent to an activating group) is 1. The summed E-state index contributed by atoms with van der Waals surface area (Å²) in [5, 5.41) is 3.34. The van der Waals surface area contributed by atoms with Crippen LogP contribution in [0.1, 0.15) is 59.3 Å². The molecule has 0 bridgehead atoms. The van der Waals surface area contributed by atoms with Gasteiger partial charge in [0.15, 0.2) is 0 Å². The van der Waals surface area contributed by atoms with Crippen molar-refractivity contribution in [2.45, 2.75) is 71.0 Å². The van der Waals surface area contributed by atoms with Gasteiger partial charge in [0.25, 0.3) is 0 Å². The lowest BCUT2D eigenvalue weighted by atomic mass is 9.68. The molecule has 2 rings (SSSR count). The highest BCUT2D eigenvalue weighted by molar-refractivity contribution is 4.92. The van der Waals surface area contributed by atoms with Gasteiger partial charge in [0, 0.05) is 13.2 Å². The Balaban J connectivity index is 1.87. The molecule has 1 heterocycles. The zero-order chi connectivity index (χ0) is 14.6. The van der Waals surface area contributed by atoms with E-state index in [1.807, 2.05) is 7.05 Å². The van der Waals surface area contributed by atoms with Crippen LogP contribution >= 0.6 is 0 Å². The van der Waals surface area contributed by atoms with E-state index < -0.39 is 0 Å². The third kappa shape index (κ3) is 4.19. The van der Waals surface area contributed by atoms with E-state index in [2.05, 4.69) is 26.1 Å². The third-order valence-electron chi connectivity index (χ3n) is 5.22. The molecule has 2 fully saturated rings. The van der Waals surface area contributed by atoms with Gasteiger partial charge in [-0.1, -0.05) is 20.8 Å². The second-order valence-electron chi connectivity index (χ2n) is 7.80. The van der Waals surface area contributed by atoms with Crippen LogP contribution in [0.2, 0.25) is 0 Å². The molecule has 1 saturated heterocycles. The van der Waals surface area contributed by atoms with Gasteiger partial charge in [0.2, 0.25) is 0 Å². The number of ether oxygens (including phenoxy) is 2. The molecule has 1 atom stereocenters. The first-order chi connectivity index (χ1) is 9.45. The largest absolute Gasteiger partial charge is 0.376 e. The number of rotatable bonds is 5. The second kappa shape index (κ2) is 6.76. The Bertz CT molecular complexity index is 284. The van der Waals surface area contributed by atoms with Gasteiger partial charge in [0.1, 0.15) is 0 Å². The van der Waals surface area contributed by atoms with Gasteiger partial charge in [-0.2, -0.15) is 0 Å². The lowest BCUT2D eigenvalue weighted by Crippen LogP contribution is -2.47. The standard InChI is InChI=1S/C17H33NO2/c1-16(2,3)14-7-9-17(10-8-14,13-18-4)20-12-15-6-5-11-19-15/h14-15,18H,5-13H2,1-4H3. The summed E-state index contributed by atoms with van der Waals surface area (Å²) in [6, 6.07) is 0. The smallest absolute Gasteiger partial charge is 0.0809 e. The summed E-state index contributed by atoms with van der Waals surface area (Å²) in [6.07, 6.45) is 7.64. The molecule has 1 N–H and O–H groups in total. The highest BCUT2D eigenvalue weighted by atomic mass is 16.5. The molecule has 0 aromatic carbocycles. The van der Waals surface area contributed by atoms with E-state index in [1.54, 1.807) is 0 Å². The summed E-state index contributed by atoms with van der Waals surface area (Å²) in [5.74, 6) is 0.832. The fourth-order valence-electron chi connectivity index (χ4n) is 3.75. The lowest BCUT2D eigenvalue weighted by Gasteiger charge is -2.44. The molecule has 1 aliphatic carbocycles. The minimum Gasteiger partial charge on any atom is -0.376 e. The summed E-state index contributed by atoms with van der Waals surface area (Å²) in [7, 11) is 2.03. The summed E-state index contributed by atoms with van der Waals surface area (Å²) >= 11 is 0.